The summed E-state index contributed by atoms with van der Waals surface area (Å²) in [5.41, 5.74) is 1.24. The van der Waals surface area contributed by atoms with Crippen molar-refractivity contribution in [2.24, 2.45) is 0 Å². The van der Waals surface area contributed by atoms with E-state index in [2.05, 4.69) is 21.2 Å². The SMILES string of the molecule is COC(=O)CC(NC(=O)c1cc2cccc(Br)c2o1)c1ccc(OC)c(OC)c1. The van der Waals surface area contributed by atoms with Crippen molar-refractivity contribution in [1.29, 1.82) is 0 Å². The lowest BCUT2D eigenvalue weighted by molar-refractivity contribution is -0.141. The monoisotopic (exact) mass is 461 g/mol. The average molecular weight is 462 g/mol. The van der Waals surface area contributed by atoms with Crippen molar-refractivity contribution in [1.82, 2.24) is 5.32 Å². The van der Waals surface area contributed by atoms with Crippen LogP contribution in [0.5, 0.6) is 11.5 Å². The maximum atomic E-state index is 12.8. The van der Waals surface area contributed by atoms with Crippen molar-refractivity contribution in [3.05, 3.63) is 58.3 Å². The van der Waals surface area contributed by atoms with Gasteiger partial charge in [0.05, 0.1) is 38.3 Å². The van der Waals surface area contributed by atoms with Crippen molar-refractivity contribution >= 4 is 38.8 Å². The minimum absolute atomic E-state index is 0.0539. The first-order valence-electron chi connectivity index (χ1n) is 8.74. The molecule has 0 aliphatic rings. The van der Waals surface area contributed by atoms with Gasteiger partial charge in [-0.2, -0.15) is 0 Å². The number of hydrogen-bond donors (Lipinski definition) is 1. The summed E-state index contributed by atoms with van der Waals surface area (Å²) in [6, 6.07) is 11.7. The van der Waals surface area contributed by atoms with E-state index in [1.807, 2.05) is 18.2 Å². The van der Waals surface area contributed by atoms with Gasteiger partial charge in [0.1, 0.15) is 5.58 Å². The summed E-state index contributed by atoms with van der Waals surface area (Å²) < 4.78 is 21.8. The molecular weight excluding hydrogens is 442 g/mol. The predicted molar refractivity (Wildman–Crippen MR) is 110 cm³/mol. The fraction of sp³-hybridized carbons (Fsp3) is 0.238. The molecule has 0 spiro atoms. The molecule has 0 radical (unpaired) electrons. The molecule has 1 N–H and O–H groups in total. The van der Waals surface area contributed by atoms with E-state index >= 15 is 0 Å². The lowest BCUT2D eigenvalue weighted by Gasteiger charge is -2.19. The minimum atomic E-state index is -0.647. The van der Waals surface area contributed by atoms with Crippen LogP contribution in [0.3, 0.4) is 0 Å². The Hall–Kier alpha value is -3.00. The molecule has 29 heavy (non-hydrogen) atoms. The highest BCUT2D eigenvalue weighted by Gasteiger charge is 2.23. The molecule has 0 saturated heterocycles. The molecule has 152 valence electrons. The van der Waals surface area contributed by atoms with Crippen molar-refractivity contribution < 1.29 is 28.2 Å². The number of ether oxygens (including phenoxy) is 3. The third kappa shape index (κ3) is 4.54. The molecule has 8 heteroatoms. The lowest BCUT2D eigenvalue weighted by Crippen LogP contribution is -2.30. The number of fused-ring (bicyclic) bond motifs is 1. The number of para-hydroxylation sites is 1. The summed E-state index contributed by atoms with van der Waals surface area (Å²) in [4.78, 5) is 24.7. The van der Waals surface area contributed by atoms with E-state index in [4.69, 9.17) is 18.6 Å². The van der Waals surface area contributed by atoms with E-state index < -0.39 is 17.9 Å². The highest BCUT2D eigenvalue weighted by Crippen LogP contribution is 2.32. The van der Waals surface area contributed by atoms with Gasteiger partial charge in [-0.05, 0) is 45.8 Å². The molecule has 0 fully saturated rings. The van der Waals surface area contributed by atoms with Crippen molar-refractivity contribution in [3.8, 4) is 11.5 Å². The van der Waals surface area contributed by atoms with Crippen LogP contribution >= 0.6 is 15.9 Å². The van der Waals surface area contributed by atoms with Gasteiger partial charge in [-0.3, -0.25) is 9.59 Å². The third-order valence-corrected chi connectivity index (χ3v) is 5.06. The van der Waals surface area contributed by atoms with Gasteiger partial charge in [-0.25, -0.2) is 0 Å². The number of esters is 1. The van der Waals surface area contributed by atoms with Crippen LogP contribution in [0.2, 0.25) is 0 Å². The van der Waals surface area contributed by atoms with E-state index in [1.165, 1.54) is 21.3 Å². The lowest BCUT2D eigenvalue weighted by atomic mass is 10.0. The minimum Gasteiger partial charge on any atom is -0.493 e. The highest BCUT2D eigenvalue weighted by atomic mass is 79.9. The number of hydrogen-bond acceptors (Lipinski definition) is 6. The second-order valence-electron chi connectivity index (χ2n) is 6.19. The Labute approximate surface area is 176 Å². The fourth-order valence-corrected chi connectivity index (χ4v) is 3.40. The summed E-state index contributed by atoms with van der Waals surface area (Å²) in [5, 5.41) is 3.63. The summed E-state index contributed by atoms with van der Waals surface area (Å²) in [6.45, 7) is 0. The molecule has 2 aromatic carbocycles. The molecule has 0 bridgehead atoms. The zero-order valence-electron chi connectivity index (χ0n) is 16.2. The Morgan fingerprint density at radius 2 is 1.83 bits per heavy atom. The van der Waals surface area contributed by atoms with E-state index in [1.54, 1.807) is 24.3 Å². The quantitative estimate of drug-likeness (QED) is 0.529. The summed E-state index contributed by atoms with van der Waals surface area (Å²) in [6.07, 6.45) is -0.0539. The topological polar surface area (TPSA) is 87.0 Å². The maximum Gasteiger partial charge on any atom is 0.307 e. The number of furan rings is 1. The van der Waals surface area contributed by atoms with Gasteiger partial charge in [0, 0.05) is 5.39 Å². The Bertz CT molecular complexity index is 1040. The first-order chi connectivity index (χ1) is 14.0. The normalized spacial score (nSPS) is 11.7. The molecule has 1 unspecified atom stereocenters. The Morgan fingerprint density at radius 3 is 2.48 bits per heavy atom. The molecule has 0 saturated carbocycles. The molecule has 0 aliphatic heterocycles. The third-order valence-electron chi connectivity index (χ3n) is 4.43. The number of carbonyl (C=O) groups is 2. The van der Waals surface area contributed by atoms with Crippen LogP contribution < -0.4 is 14.8 Å². The molecule has 3 aromatic rings. The number of carbonyl (C=O) groups excluding carboxylic acids is 2. The van der Waals surface area contributed by atoms with Crippen LogP contribution in [0.4, 0.5) is 0 Å². The fourth-order valence-electron chi connectivity index (χ4n) is 2.94. The van der Waals surface area contributed by atoms with E-state index in [9.17, 15) is 9.59 Å². The first-order valence-corrected chi connectivity index (χ1v) is 9.53. The molecule has 7 nitrogen and oxygen atoms in total. The number of benzene rings is 2. The van der Waals surface area contributed by atoms with Gasteiger partial charge in [0.25, 0.3) is 5.91 Å². The number of rotatable bonds is 7. The zero-order valence-corrected chi connectivity index (χ0v) is 17.7. The van der Waals surface area contributed by atoms with Gasteiger partial charge in [0.2, 0.25) is 0 Å². The van der Waals surface area contributed by atoms with E-state index in [0.29, 0.717) is 22.6 Å². The standard InChI is InChI=1S/C21H20BrNO6/c1-26-16-8-7-12(9-17(16)27-2)15(11-19(24)28-3)23-21(25)18-10-13-5-4-6-14(22)20(13)29-18/h4-10,15H,11H2,1-3H3,(H,23,25). The highest BCUT2D eigenvalue weighted by molar-refractivity contribution is 9.10. The van der Waals surface area contributed by atoms with Crippen molar-refractivity contribution in [3.63, 3.8) is 0 Å². The van der Waals surface area contributed by atoms with Crippen LogP contribution in [-0.2, 0) is 9.53 Å². The van der Waals surface area contributed by atoms with E-state index in [-0.39, 0.29) is 12.2 Å². The molecule has 1 amide bonds. The van der Waals surface area contributed by atoms with Gasteiger partial charge in [-0.1, -0.05) is 18.2 Å². The second kappa shape index (κ2) is 9.00. The average Bonchev–Trinajstić information content (AvgIpc) is 3.18. The van der Waals surface area contributed by atoms with Crippen LogP contribution in [0.1, 0.15) is 28.6 Å². The van der Waals surface area contributed by atoms with Crippen molar-refractivity contribution in [2.75, 3.05) is 21.3 Å². The molecule has 1 atom stereocenters. The Kier molecular flexibility index (Phi) is 6.43. The van der Waals surface area contributed by atoms with Gasteiger partial charge in [0.15, 0.2) is 17.3 Å². The van der Waals surface area contributed by atoms with Crippen molar-refractivity contribution in [2.45, 2.75) is 12.5 Å². The number of amides is 1. The molecule has 3 rings (SSSR count). The number of halogens is 1. The van der Waals surface area contributed by atoms with Crippen LogP contribution in [-0.4, -0.2) is 33.2 Å². The smallest absolute Gasteiger partial charge is 0.307 e. The van der Waals surface area contributed by atoms with Crippen LogP contribution in [0, 0.1) is 0 Å². The van der Waals surface area contributed by atoms with Crippen LogP contribution in [0.25, 0.3) is 11.0 Å². The maximum absolute atomic E-state index is 12.8. The van der Waals surface area contributed by atoms with Crippen LogP contribution in [0.15, 0.2) is 51.4 Å². The van der Waals surface area contributed by atoms with Gasteiger partial charge < -0.3 is 23.9 Å². The number of nitrogens with one attached hydrogen (secondary N) is 1. The van der Waals surface area contributed by atoms with Gasteiger partial charge in [-0.15, -0.1) is 0 Å². The molecule has 1 aromatic heterocycles. The zero-order chi connectivity index (χ0) is 21.0. The largest absolute Gasteiger partial charge is 0.493 e. The predicted octanol–water partition coefficient (Wildman–Crippen LogP) is 4.25. The first kappa shape index (κ1) is 20.7. The molecule has 1 heterocycles. The Morgan fingerprint density at radius 1 is 1.07 bits per heavy atom. The van der Waals surface area contributed by atoms with E-state index in [0.717, 1.165) is 9.86 Å². The summed E-state index contributed by atoms with van der Waals surface area (Å²) in [5.74, 6) is 0.264. The molecular formula is C21H20BrNO6. The number of methoxy groups -OCH3 is 3. The Balaban J connectivity index is 1.91. The molecule has 0 aliphatic carbocycles. The summed E-state index contributed by atoms with van der Waals surface area (Å²) in [7, 11) is 4.35. The summed E-state index contributed by atoms with van der Waals surface area (Å²) >= 11 is 3.41. The van der Waals surface area contributed by atoms with Gasteiger partial charge >= 0.3 is 5.97 Å². The second-order valence-corrected chi connectivity index (χ2v) is 7.04.